The Kier molecular flexibility index (Phi) is 9.15. The first-order valence-electron chi connectivity index (χ1n) is 10.2. The molecule has 1 aromatic carbocycles. The molecule has 1 aromatic rings. The van der Waals surface area contributed by atoms with Crippen LogP contribution in [-0.4, -0.2) is 86.4 Å². The van der Waals surface area contributed by atoms with Gasteiger partial charge in [0, 0.05) is 24.9 Å². The predicted molar refractivity (Wildman–Crippen MR) is 116 cm³/mol. The highest BCUT2D eigenvalue weighted by Gasteiger charge is 2.38. The number of aliphatic hydroxyl groups excluding tert-OH is 1. The Hall–Kier alpha value is -2.30. The van der Waals surface area contributed by atoms with Crippen molar-refractivity contribution >= 4 is 28.8 Å². The third-order valence-electron chi connectivity index (χ3n) is 5.35. The number of nitrogens with zero attached hydrogens (tertiary/aromatic N) is 2. The first kappa shape index (κ1) is 25.0. The van der Waals surface area contributed by atoms with Gasteiger partial charge in [-0.15, -0.1) is 0 Å². The van der Waals surface area contributed by atoms with Crippen LogP contribution in [0, 0.1) is 0 Å². The summed E-state index contributed by atoms with van der Waals surface area (Å²) in [5.41, 5.74) is 0.167. The molecule has 172 valence electrons. The molecule has 0 saturated carbocycles. The van der Waals surface area contributed by atoms with Crippen LogP contribution in [-0.2, 0) is 14.3 Å². The third kappa shape index (κ3) is 6.34. The van der Waals surface area contributed by atoms with Gasteiger partial charge in [-0.3, -0.25) is 19.3 Å². The number of likely N-dealkylation sites (tertiary alicyclic amines) is 1. The molecule has 1 amide bonds. The largest absolute Gasteiger partial charge is 0.504 e. The highest BCUT2D eigenvalue weighted by Crippen LogP contribution is 2.28. The maximum Gasteiger partial charge on any atom is 0.306 e. The Labute approximate surface area is 186 Å². The lowest BCUT2D eigenvalue weighted by Gasteiger charge is -2.36. The summed E-state index contributed by atoms with van der Waals surface area (Å²) in [6.45, 7) is 4.22. The summed E-state index contributed by atoms with van der Waals surface area (Å²) in [7, 11) is 1.53. The molecular weight excluding hydrogens is 424 g/mol. The molecule has 3 N–H and O–H groups in total. The van der Waals surface area contributed by atoms with Gasteiger partial charge in [0.05, 0.1) is 25.1 Å². The Morgan fingerprint density at radius 2 is 2.00 bits per heavy atom. The molecule has 0 aliphatic carbocycles. The molecule has 1 aliphatic rings. The predicted octanol–water partition coefficient (Wildman–Crippen LogP) is 1.55. The van der Waals surface area contributed by atoms with Gasteiger partial charge >= 0.3 is 5.97 Å². The summed E-state index contributed by atoms with van der Waals surface area (Å²) < 4.78 is 4.86. The zero-order valence-corrected chi connectivity index (χ0v) is 18.8. The van der Waals surface area contributed by atoms with E-state index in [1.165, 1.54) is 24.1 Å². The van der Waals surface area contributed by atoms with Crippen LogP contribution in [0.25, 0.3) is 0 Å². The lowest BCUT2D eigenvalue weighted by Crippen LogP contribution is -2.53. The molecule has 1 fully saturated rings. The number of ether oxygens (including phenoxy) is 1. The van der Waals surface area contributed by atoms with Gasteiger partial charge in [0.2, 0.25) is 5.12 Å². The number of aromatic hydroxyl groups is 2. The van der Waals surface area contributed by atoms with Gasteiger partial charge in [-0.05, 0) is 44.9 Å². The van der Waals surface area contributed by atoms with Crippen molar-refractivity contribution < 1.29 is 34.4 Å². The van der Waals surface area contributed by atoms with Crippen molar-refractivity contribution in [3.8, 4) is 11.5 Å². The number of aliphatic hydroxyl groups is 1. The topological polar surface area (TPSA) is 128 Å². The molecule has 1 saturated heterocycles. The van der Waals surface area contributed by atoms with E-state index in [1.54, 1.807) is 18.7 Å². The maximum atomic E-state index is 12.7. The second-order valence-electron chi connectivity index (χ2n) is 7.39. The van der Waals surface area contributed by atoms with Gasteiger partial charge in [0.1, 0.15) is 6.23 Å². The van der Waals surface area contributed by atoms with Crippen molar-refractivity contribution in [1.29, 1.82) is 0 Å². The number of rotatable bonds is 9. The number of carbonyl (C=O) groups is 3. The fourth-order valence-corrected chi connectivity index (χ4v) is 4.36. The first-order chi connectivity index (χ1) is 14.7. The highest BCUT2D eigenvalue weighted by atomic mass is 32.2. The minimum atomic E-state index is -1.07. The SMILES string of the molecule is CCOC(=O)CCSC(=O)C1CCCN1C(O)C(C)N(C)C(=O)c1ccc(O)c(O)c1. The monoisotopic (exact) mass is 454 g/mol. The molecule has 3 unspecified atom stereocenters. The normalized spacial score (nSPS) is 18.4. The molecular formula is C21H30N2O7S. The van der Waals surface area contributed by atoms with Gasteiger partial charge in [-0.25, -0.2) is 0 Å². The van der Waals surface area contributed by atoms with E-state index >= 15 is 0 Å². The van der Waals surface area contributed by atoms with Crippen LogP contribution in [0.5, 0.6) is 11.5 Å². The first-order valence-corrected chi connectivity index (χ1v) is 11.2. The number of phenols is 2. The van der Waals surface area contributed by atoms with Gasteiger partial charge in [0.15, 0.2) is 11.5 Å². The van der Waals surface area contributed by atoms with Crippen molar-refractivity contribution in [3.05, 3.63) is 23.8 Å². The summed E-state index contributed by atoms with van der Waals surface area (Å²) in [4.78, 5) is 39.8. The van der Waals surface area contributed by atoms with Crippen LogP contribution >= 0.6 is 11.8 Å². The van der Waals surface area contributed by atoms with E-state index in [0.717, 1.165) is 24.2 Å². The van der Waals surface area contributed by atoms with Crippen LogP contribution in [0.1, 0.15) is 43.5 Å². The number of hydrogen-bond acceptors (Lipinski definition) is 9. The molecule has 10 heteroatoms. The number of thioether (sulfide) groups is 1. The van der Waals surface area contributed by atoms with Crippen LogP contribution in [0.3, 0.4) is 0 Å². The highest BCUT2D eigenvalue weighted by molar-refractivity contribution is 8.13. The fourth-order valence-electron chi connectivity index (χ4n) is 3.45. The average Bonchev–Trinajstić information content (AvgIpc) is 3.23. The number of amides is 1. The van der Waals surface area contributed by atoms with E-state index in [-0.39, 0.29) is 28.8 Å². The zero-order chi connectivity index (χ0) is 23.1. The second-order valence-corrected chi connectivity index (χ2v) is 8.49. The summed E-state index contributed by atoms with van der Waals surface area (Å²) >= 11 is 1.05. The average molecular weight is 455 g/mol. The van der Waals surface area contributed by atoms with Crippen LogP contribution in [0.15, 0.2) is 18.2 Å². The zero-order valence-electron chi connectivity index (χ0n) is 18.0. The summed E-state index contributed by atoms with van der Waals surface area (Å²) in [5.74, 6) is -1.20. The molecule has 0 aromatic heterocycles. The van der Waals surface area contributed by atoms with E-state index in [9.17, 15) is 29.7 Å². The van der Waals surface area contributed by atoms with Crippen molar-refractivity contribution in [2.45, 2.75) is 51.4 Å². The number of phenolic OH excluding ortho intramolecular Hbond substituents is 2. The molecule has 2 rings (SSSR count). The van der Waals surface area contributed by atoms with Crippen molar-refractivity contribution in [3.63, 3.8) is 0 Å². The standard InChI is InChI=1S/C21H30N2O7S/c1-4-30-18(26)9-11-31-21(29)15-6-5-10-23(15)19(27)13(2)22(3)20(28)14-7-8-16(24)17(25)12-14/h7-8,12-13,15,19,24-25,27H,4-6,9-11H2,1-3H3. The summed E-state index contributed by atoms with van der Waals surface area (Å²) in [5, 5.41) is 29.8. The molecule has 0 bridgehead atoms. The Bertz CT molecular complexity index is 804. The lowest BCUT2D eigenvalue weighted by atomic mass is 10.1. The number of benzene rings is 1. The molecule has 9 nitrogen and oxygen atoms in total. The maximum absolute atomic E-state index is 12.7. The Balaban J connectivity index is 1.98. The fraction of sp³-hybridized carbons (Fsp3) is 0.571. The van der Waals surface area contributed by atoms with Crippen molar-refractivity contribution in [2.24, 2.45) is 0 Å². The van der Waals surface area contributed by atoms with Crippen molar-refractivity contribution in [2.75, 3.05) is 26.0 Å². The lowest BCUT2D eigenvalue weighted by molar-refractivity contribution is -0.142. The quantitative estimate of drug-likeness (QED) is 0.376. The number of likely N-dealkylation sites (N-methyl/N-ethyl adjacent to an activating group) is 1. The van der Waals surface area contributed by atoms with Crippen LogP contribution in [0.4, 0.5) is 0 Å². The molecule has 0 spiro atoms. The van der Waals surface area contributed by atoms with E-state index in [1.807, 2.05) is 0 Å². The Morgan fingerprint density at radius 1 is 1.29 bits per heavy atom. The summed E-state index contributed by atoms with van der Waals surface area (Å²) in [6.07, 6.45) is 0.412. The third-order valence-corrected chi connectivity index (χ3v) is 6.31. The molecule has 31 heavy (non-hydrogen) atoms. The Morgan fingerprint density at radius 3 is 2.65 bits per heavy atom. The van der Waals surface area contributed by atoms with E-state index in [2.05, 4.69) is 0 Å². The van der Waals surface area contributed by atoms with Gasteiger partial charge in [-0.1, -0.05) is 11.8 Å². The van der Waals surface area contributed by atoms with E-state index < -0.39 is 30.0 Å². The minimum Gasteiger partial charge on any atom is -0.504 e. The van der Waals surface area contributed by atoms with Gasteiger partial charge in [0.25, 0.3) is 5.91 Å². The molecule has 1 aliphatic heterocycles. The van der Waals surface area contributed by atoms with Crippen LogP contribution in [0.2, 0.25) is 0 Å². The molecule has 0 radical (unpaired) electrons. The second kappa shape index (κ2) is 11.4. The van der Waals surface area contributed by atoms with E-state index in [4.69, 9.17) is 4.74 Å². The van der Waals surface area contributed by atoms with E-state index in [0.29, 0.717) is 25.3 Å². The minimum absolute atomic E-state index is 0.120. The van der Waals surface area contributed by atoms with Crippen molar-refractivity contribution in [1.82, 2.24) is 9.80 Å². The summed E-state index contributed by atoms with van der Waals surface area (Å²) in [6, 6.07) is 2.64. The number of carbonyl (C=O) groups excluding carboxylic acids is 3. The van der Waals surface area contributed by atoms with Gasteiger partial charge < -0.3 is 25.0 Å². The number of esters is 1. The van der Waals surface area contributed by atoms with Crippen LogP contribution < -0.4 is 0 Å². The number of hydrogen-bond donors (Lipinski definition) is 3. The molecule has 1 heterocycles. The molecule has 3 atom stereocenters. The van der Waals surface area contributed by atoms with Gasteiger partial charge in [-0.2, -0.15) is 0 Å². The smallest absolute Gasteiger partial charge is 0.306 e.